The molecule has 5 rings (SSSR count). The highest BCUT2D eigenvalue weighted by molar-refractivity contribution is 6.27. The zero-order valence-corrected chi connectivity index (χ0v) is 22.8. The van der Waals surface area contributed by atoms with E-state index in [0.717, 1.165) is 35.4 Å². The lowest BCUT2D eigenvalue weighted by molar-refractivity contribution is -0.144. The van der Waals surface area contributed by atoms with Crippen molar-refractivity contribution in [2.75, 3.05) is 17.7 Å². The highest BCUT2D eigenvalue weighted by atomic mass is 16.5. The number of ketones is 1. The Morgan fingerprint density at radius 2 is 1.82 bits per heavy atom. The number of nitrogen functional groups attached to an aromatic ring is 1. The Hall–Kier alpha value is -4.04. The number of pyridine rings is 1. The van der Waals surface area contributed by atoms with E-state index in [1.54, 1.807) is 25.3 Å². The molecule has 0 aliphatic heterocycles. The molecule has 2 fully saturated rings. The first-order chi connectivity index (χ1) is 19.5. The molecule has 1 heterocycles. The van der Waals surface area contributed by atoms with E-state index >= 15 is 0 Å². The number of nitrogens with two attached hydrogens (primary N) is 1. The summed E-state index contributed by atoms with van der Waals surface area (Å²) in [5.41, 5.74) is 9.74. The normalized spacial score (nSPS) is 22.1. The molecule has 8 nitrogen and oxygen atoms in total. The summed E-state index contributed by atoms with van der Waals surface area (Å²) in [6.45, 7) is 2.64. The number of hydrogen-bond donors (Lipinski definition) is 2. The first-order valence-electron chi connectivity index (χ1n) is 14.0. The predicted molar refractivity (Wildman–Crippen MR) is 155 cm³/mol. The second-order valence-electron chi connectivity index (χ2n) is 10.5. The molecule has 0 radical (unpaired) electrons. The topological polar surface area (TPSA) is 116 Å². The van der Waals surface area contributed by atoms with Crippen molar-refractivity contribution in [3.05, 3.63) is 84.1 Å². The molecule has 3 N–H and O–H groups in total. The van der Waals surface area contributed by atoms with Crippen molar-refractivity contribution in [2.45, 2.75) is 64.2 Å². The Morgan fingerprint density at radius 3 is 2.50 bits per heavy atom. The molecule has 2 aliphatic carbocycles. The van der Waals surface area contributed by atoms with E-state index in [1.165, 1.54) is 0 Å². The van der Waals surface area contributed by atoms with Crippen LogP contribution >= 0.6 is 0 Å². The third kappa shape index (κ3) is 6.23. The number of hydrogen-bond acceptors (Lipinski definition) is 8. The average molecular weight is 541 g/mol. The SMILES string of the molecule is CCOC(=O)[C@H](Cc1ccc(Nc2ncccc2N)cc1)N=C1CC(=O)C12CCC(OCc1ccccc1)CC2. The number of carbonyl (C=O) groups is 2. The lowest BCUT2D eigenvalue weighted by atomic mass is 9.57. The van der Waals surface area contributed by atoms with Gasteiger partial charge in [-0.05, 0) is 68.0 Å². The van der Waals surface area contributed by atoms with Crippen LogP contribution in [0.15, 0.2) is 77.9 Å². The van der Waals surface area contributed by atoms with Crippen LogP contribution in [-0.2, 0) is 32.1 Å². The monoisotopic (exact) mass is 540 g/mol. The third-order valence-corrected chi connectivity index (χ3v) is 7.88. The Bertz CT molecular complexity index is 1350. The molecule has 208 valence electrons. The number of aromatic nitrogens is 1. The molecule has 0 bridgehead atoms. The Labute approximate surface area is 235 Å². The van der Waals surface area contributed by atoms with Crippen LogP contribution in [0.1, 0.15) is 50.2 Å². The van der Waals surface area contributed by atoms with Gasteiger partial charge in [0.2, 0.25) is 0 Å². The zero-order valence-electron chi connectivity index (χ0n) is 22.8. The van der Waals surface area contributed by atoms with Crippen LogP contribution in [0.5, 0.6) is 0 Å². The molecule has 2 aliphatic rings. The summed E-state index contributed by atoms with van der Waals surface area (Å²) in [6, 6.07) is 20.7. The van der Waals surface area contributed by atoms with E-state index in [9.17, 15) is 9.59 Å². The van der Waals surface area contributed by atoms with Crippen LogP contribution in [0.2, 0.25) is 0 Å². The fourth-order valence-corrected chi connectivity index (χ4v) is 5.53. The summed E-state index contributed by atoms with van der Waals surface area (Å²) >= 11 is 0. The van der Waals surface area contributed by atoms with Gasteiger partial charge in [0.05, 0.1) is 30.4 Å². The molecule has 1 spiro atoms. The predicted octanol–water partition coefficient (Wildman–Crippen LogP) is 5.44. The van der Waals surface area contributed by atoms with Crippen LogP contribution in [0.25, 0.3) is 0 Å². The second-order valence-corrected chi connectivity index (χ2v) is 10.5. The summed E-state index contributed by atoms with van der Waals surface area (Å²) in [5.74, 6) is 0.443. The van der Waals surface area contributed by atoms with Crippen LogP contribution < -0.4 is 11.1 Å². The van der Waals surface area contributed by atoms with Gasteiger partial charge in [-0.2, -0.15) is 0 Å². The molecular weight excluding hydrogens is 504 g/mol. The molecule has 3 aromatic rings. The fraction of sp³-hybridized carbons (Fsp3) is 0.375. The quantitative estimate of drug-likeness (QED) is 0.329. The number of rotatable bonds is 10. The second kappa shape index (κ2) is 12.4. The van der Waals surface area contributed by atoms with Gasteiger partial charge in [0.25, 0.3) is 0 Å². The summed E-state index contributed by atoms with van der Waals surface area (Å²) in [5, 5.41) is 3.21. The van der Waals surface area contributed by atoms with Gasteiger partial charge in [-0.25, -0.2) is 9.78 Å². The van der Waals surface area contributed by atoms with Crippen LogP contribution in [-0.4, -0.2) is 41.2 Å². The first kappa shape index (κ1) is 27.5. The van der Waals surface area contributed by atoms with Crippen LogP contribution in [0.4, 0.5) is 17.2 Å². The van der Waals surface area contributed by atoms with Gasteiger partial charge in [0.1, 0.15) is 5.78 Å². The molecule has 0 saturated heterocycles. The maximum atomic E-state index is 12.9. The summed E-state index contributed by atoms with van der Waals surface area (Å²) < 4.78 is 11.5. The molecule has 1 aromatic heterocycles. The maximum absolute atomic E-state index is 12.9. The number of carbonyl (C=O) groups excluding carboxylic acids is 2. The number of anilines is 3. The third-order valence-electron chi connectivity index (χ3n) is 7.88. The molecule has 0 amide bonds. The number of Topliss-reactive ketones (excluding diaryl/α,β-unsaturated/α-hetero) is 1. The van der Waals surface area contributed by atoms with E-state index < -0.39 is 11.5 Å². The molecular formula is C32H36N4O4. The van der Waals surface area contributed by atoms with Crippen molar-refractivity contribution in [3.8, 4) is 0 Å². The average Bonchev–Trinajstić information content (AvgIpc) is 2.98. The molecule has 2 saturated carbocycles. The molecule has 0 unspecified atom stereocenters. The van der Waals surface area contributed by atoms with Gasteiger partial charge in [-0.15, -0.1) is 0 Å². The van der Waals surface area contributed by atoms with Gasteiger partial charge in [-0.1, -0.05) is 42.5 Å². The van der Waals surface area contributed by atoms with E-state index in [0.29, 0.717) is 43.8 Å². The fourth-order valence-electron chi connectivity index (χ4n) is 5.53. The molecule has 2 aromatic carbocycles. The number of ether oxygens (including phenoxy) is 2. The smallest absolute Gasteiger partial charge is 0.331 e. The van der Waals surface area contributed by atoms with E-state index in [-0.39, 0.29) is 24.5 Å². The Kier molecular flexibility index (Phi) is 8.55. The molecule has 8 heteroatoms. The minimum atomic E-state index is -0.697. The van der Waals surface area contributed by atoms with Crippen molar-refractivity contribution in [2.24, 2.45) is 10.4 Å². The van der Waals surface area contributed by atoms with Crippen molar-refractivity contribution in [1.29, 1.82) is 0 Å². The molecule has 1 atom stereocenters. The van der Waals surface area contributed by atoms with Gasteiger partial charge in [-0.3, -0.25) is 9.79 Å². The van der Waals surface area contributed by atoms with Crippen molar-refractivity contribution in [1.82, 2.24) is 4.98 Å². The lowest BCUT2D eigenvalue weighted by Crippen LogP contribution is -2.54. The first-order valence-corrected chi connectivity index (χ1v) is 14.0. The van der Waals surface area contributed by atoms with Crippen LogP contribution in [0, 0.1) is 5.41 Å². The van der Waals surface area contributed by atoms with Gasteiger partial charge >= 0.3 is 5.97 Å². The Morgan fingerprint density at radius 1 is 1.07 bits per heavy atom. The Balaban J connectivity index is 1.24. The summed E-state index contributed by atoms with van der Waals surface area (Å²) in [4.78, 5) is 35.0. The highest BCUT2D eigenvalue weighted by Crippen LogP contribution is 2.48. The van der Waals surface area contributed by atoms with Gasteiger partial charge in [0, 0.05) is 30.4 Å². The number of aliphatic imine (C=N–C) groups is 1. The number of esters is 1. The number of nitrogens with zero attached hydrogens (tertiary/aromatic N) is 2. The lowest BCUT2D eigenvalue weighted by Gasteiger charge is -2.46. The van der Waals surface area contributed by atoms with Crippen molar-refractivity contribution < 1.29 is 19.1 Å². The summed E-state index contributed by atoms with van der Waals surface area (Å²) in [6.07, 6.45) is 5.51. The van der Waals surface area contributed by atoms with E-state index in [4.69, 9.17) is 20.2 Å². The number of nitrogens with one attached hydrogen (secondary N) is 1. The minimum absolute atomic E-state index is 0.120. The number of benzene rings is 2. The van der Waals surface area contributed by atoms with Crippen molar-refractivity contribution >= 4 is 34.7 Å². The molecule has 40 heavy (non-hydrogen) atoms. The largest absolute Gasteiger partial charge is 0.464 e. The summed E-state index contributed by atoms with van der Waals surface area (Å²) in [7, 11) is 0. The van der Waals surface area contributed by atoms with Gasteiger partial charge in [0.15, 0.2) is 11.9 Å². The maximum Gasteiger partial charge on any atom is 0.331 e. The van der Waals surface area contributed by atoms with E-state index in [1.807, 2.05) is 42.5 Å². The van der Waals surface area contributed by atoms with Crippen molar-refractivity contribution in [3.63, 3.8) is 0 Å². The zero-order chi connectivity index (χ0) is 28.0. The highest BCUT2D eigenvalue weighted by Gasteiger charge is 2.53. The van der Waals surface area contributed by atoms with Crippen LogP contribution in [0.3, 0.4) is 0 Å². The van der Waals surface area contributed by atoms with E-state index in [2.05, 4.69) is 22.4 Å². The van der Waals surface area contributed by atoms with Gasteiger partial charge < -0.3 is 20.5 Å². The minimum Gasteiger partial charge on any atom is -0.464 e. The standard InChI is InChI=1S/C32H36N4O4/c1-2-39-31(38)27(19-22-10-12-24(13-11-22)35-30-26(33)9-6-18-34-30)36-28-20-29(37)32(28)16-14-25(15-17-32)40-21-23-7-4-3-5-8-23/h3-13,18,25,27H,2,14-17,19-21,33H2,1H3,(H,34,35)/t25?,27-,32?/m0/s1.